The zero-order chi connectivity index (χ0) is 19.0. The number of rotatable bonds is 3. The number of carbonyl (C=O) groups excluding carboxylic acids is 1. The zero-order valence-electron chi connectivity index (χ0n) is 15.0. The van der Waals surface area contributed by atoms with Gasteiger partial charge in [-0.25, -0.2) is 9.37 Å². The van der Waals surface area contributed by atoms with E-state index in [4.69, 9.17) is 4.98 Å². The average Bonchev–Trinajstić information content (AvgIpc) is 2.66. The van der Waals surface area contributed by atoms with Crippen LogP contribution in [0.15, 0.2) is 48.5 Å². The van der Waals surface area contributed by atoms with Crippen LogP contribution in [0, 0.1) is 5.82 Å². The van der Waals surface area contributed by atoms with E-state index in [9.17, 15) is 14.3 Å². The molecule has 0 aliphatic carbocycles. The third-order valence-electron chi connectivity index (χ3n) is 5.06. The van der Waals surface area contributed by atoms with Crippen molar-refractivity contribution in [3.63, 3.8) is 0 Å². The Morgan fingerprint density at radius 1 is 1.22 bits per heavy atom. The van der Waals surface area contributed by atoms with Crippen molar-refractivity contribution in [1.82, 2.24) is 4.98 Å². The molecule has 1 atom stereocenters. The van der Waals surface area contributed by atoms with Gasteiger partial charge < -0.3 is 14.8 Å². The summed E-state index contributed by atoms with van der Waals surface area (Å²) in [6.45, 7) is 4.19. The van der Waals surface area contributed by atoms with Crippen molar-refractivity contribution >= 4 is 28.5 Å². The van der Waals surface area contributed by atoms with E-state index >= 15 is 0 Å². The number of benzene rings is 2. The number of pyridine rings is 1. The van der Waals surface area contributed by atoms with Crippen LogP contribution in [-0.4, -0.2) is 24.0 Å². The fraction of sp³-hybridized carbons (Fsp3) is 0.182. The van der Waals surface area contributed by atoms with Crippen LogP contribution in [0.3, 0.4) is 0 Å². The van der Waals surface area contributed by atoms with Crippen molar-refractivity contribution in [2.24, 2.45) is 0 Å². The first-order valence-electron chi connectivity index (χ1n) is 9.00. The van der Waals surface area contributed by atoms with Gasteiger partial charge in [-0.05, 0) is 36.8 Å². The Balaban J connectivity index is 1.99. The number of carboxylic acids is 1. The van der Waals surface area contributed by atoms with E-state index in [2.05, 4.69) is 6.92 Å². The monoisotopic (exact) mass is 362 g/mol. The lowest BCUT2D eigenvalue weighted by Gasteiger charge is -2.29. The molecule has 0 bridgehead atoms. The Kier molecular flexibility index (Phi) is 4.46. The predicted octanol–water partition coefficient (Wildman–Crippen LogP) is 1.70. The number of aromatic nitrogens is 1. The van der Waals surface area contributed by atoms with Crippen molar-refractivity contribution in [2.45, 2.75) is 13.5 Å². The smallest absolute Gasteiger partial charge is 0.123 e. The summed E-state index contributed by atoms with van der Waals surface area (Å²) in [6.07, 6.45) is 1.90. The topological polar surface area (TPSA) is 57.5 Å². The third-order valence-corrected chi connectivity index (χ3v) is 5.06. The fourth-order valence-corrected chi connectivity index (χ4v) is 3.75. The highest BCUT2D eigenvalue weighted by molar-refractivity contribution is 6.05. The second-order valence-electron chi connectivity index (χ2n) is 6.80. The molecule has 1 unspecified atom stereocenters. The van der Waals surface area contributed by atoms with Crippen LogP contribution in [0.1, 0.15) is 34.1 Å². The second-order valence-corrected chi connectivity index (χ2v) is 6.80. The molecule has 0 saturated heterocycles. The number of likely N-dealkylation sites (N-methyl/N-ethyl adjacent to an activating group) is 1. The molecule has 1 N–H and O–H groups in total. The van der Waals surface area contributed by atoms with Gasteiger partial charge in [0.25, 0.3) is 0 Å². The molecule has 0 radical (unpaired) electrons. The Hall–Kier alpha value is -3.05. The summed E-state index contributed by atoms with van der Waals surface area (Å²) in [5.74, 6) is -1.49. The lowest BCUT2D eigenvalue weighted by Crippen LogP contribution is -3.11. The Morgan fingerprint density at radius 3 is 2.78 bits per heavy atom. The van der Waals surface area contributed by atoms with Gasteiger partial charge >= 0.3 is 0 Å². The molecule has 2 aromatic carbocycles. The molecule has 1 aromatic heterocycles. The summed E-state index contributed by atoms with van der Waals surface area (Å²) >= 11 is 0. The average molecular weight is 362 g/mol. The molecule has 0 fully saturated rings. The Bertz CT molecular complexity index is 1080. The van der Waals surface area contributed by atoms with Gasteiger partial charge in [0.15, 0.2) is 0 Å². The number of nitrogens with one attached hydrogen (secondary N) is 1. The first-order valence-corrected chi connectivity index (χ1v) is 9.00. The molecule has 27 heavy (non-hydrogen) atoms. The minimum atomic E-state index is -1.19. The van der Waals surface area contributed by atoms with Crippen LogP contribution < -0.4 is 10.0 Å². The lowest BCUT2D eigenvalue weighted by molar-refractivity contribution is -0.905. The van der Waals surface area contributed by atoms with Crippen molar-refractivity contribution in [2.75, 3.05) is 13.1 Å². The molecule has 0 amide bonds. The molecule has 2 heterocycles. The number of carboxylic acid groups (broad SMARTS) is 1. The molecule has 1 aliphatic heterocycles. The third kappa shape index (κ3) is 3.22. The number of halogens is 1. The quantitative estimate of drug-likeness (QED) is 0.772. The molecule has 1 aliphatic rings. The molecule has 4 rings (SSSR count). The minimum Gasteiger partial charge on any atom is -0.545 e. The van der Waals surface area contributed by atoms with Gasteiger partial charge in [-0.1, -0.05) is 30.3 Å². The summed E-state index contributed by atoms with van der Waals surface area (Å²) in [6, 6.07) is 13.6. The van der Waals surface area contributed by atoms with E-state index in [1.54, 1.807) is 24.3 Å². The largest absolute Gasteiger partial charge is 0.545 e. The molecule has 0 saturated carbocycles. The number of nitrogens with zero attached hydrogens (tertiary/aromatic N) is 1. The number of quaternary nitrogens is 1. The molecule has 0 spiro atoms. The highest BCUT2D eigenvalue weighted by Gasteiger charge is 2.28. The first kappa shape index (κ1) is 17.4. The highest BCUT2D eigenvalue weighted by Crippen LogP contribution is 2.29. The van der Waals surface area contributed by atoms with Gasteiger partial charge in [0.1, 0.15) is 18.9 Å². The van der Waals surface area contributed by atoms with Crippen LogP contribution in [-0.2, 0) is 6.54 Å². The highest BCUT2D eigenvalue weighted by atomic mass is 19.1. The van der Waals surface area contributed by atoms with Crippen molar-refractivity contribution in [3.05, 3.63) is 76.7 Å². The van der Waals surface area contributed by atoms with Gasteiger partial charge in [0.2, 0.25) is 0 Å². The van der Waals surface area contributed by atoms with E-state index in [-0.39, 0.29) is 11.4 Å². The second kappa shape index (κ2) is 6.93. The van der Waals surface area contributed by atoms with E-state index in [0.29, 0.717) is 35.2 Å². The van der Waals surface area contributed by atoms with Gasteiger partial charge in [-0.15, -0.1) is 0 Å². The van der Waals surface area contributed by atoms with Gasteiger partial charge in [-0.3, -0.25) is 0 Å². The number of para-hydroxylation sites is 1. The summed E-state index contributed by atoms with van der Waals surface area (Å²) in [5, 5.41) is 12.6. The number of fused-ring (bicyclic) bond motifs is 2. The molecular formula is C22H19FN2O2. The number of hydrogen-bond acceptors (Lipinski definition) is 3. The standard InChI is InChI=1S/C22H19FN2O2/c1-2-25-12-15(10-14-6-5-7-16(23)11-14)21-18(13-25)20(22(26)27)17-8-3-4-9-19(17)24-21/h3-11H,2,12-13H2,1H3,(H,26,27)/b15-10+. The van der Waals surface area contributed by atoms with Crippen LogP contribution in [0.25, 0.3) is 22.6 Å². The maximum absolute atomic E-state index is 13.6. The molecular weight excluding hydrogens is 343 g/mol. The van der Waals surface area contributed by atoms with Gasteiger partial charge in [-0.2, -0.15) is 0 Å². The number of hydrogen-bond donors (Lipinski definition) is 1. The lowest BCUT2D eigenvalue weighted by atomic mass is 9.92. The maximum atomic E-state index is 13.6. The Labute approximate surface area is 156 Å². The molecule has 4 nitrogen and oxygen atoms in total. The summed E-state index contributed by atoms with van der Waals surface area (Å²) in [7, 11) is 0. The van der Waals surface area contributed by atoms with E-state index < -0.39 is 5.97 Å². The number of carbonyl (C=O) groups is 1. The van der Waals surface area contributed by atoms with Crippen LogP contribution >= 0.6 is 0 Å². The van der Waals surface area contributed by atoms with Crippen molar-refractivity contribution < 1.29 is 19.2 Å². The van der Waals surface area contributed by atoms with Crippen molar-refractivity contribution in [3.8, 4) is 0 Å². The SMILES string of the molecule is CC[NH+]1C/C(=C\c2cccc(F)c2)c2nc3ccccc3c(C(=O)[O-])c2C1. The van der Waals surface area contributed by atoms with Crippen LogP contribution in [0.2, 0.25) is 0 Å². The Morgan fingerprint density at radius 2 is 2.04 bits per heavy atom. The van der Waals surface area contributed by atoms with Gasteiger partial charge in [0, 0.05) is 22.1 Å². The van der Waals surface area contributed by atoms with E-state index in [1.807, 2.05) is 18.2 Å². The fourth-order valence-electron chi connectivity index (χ4n) is 3.75. The summed E-state index contributed by atoms with van der Waals surface area (Å²) < 4.78 is 13.6. The van der Waals surface area contributed by atoms with E-state index in [0.717, 1.165) is 17.7 Å². The molecule has 3 aromatic rings. The maximum Gasteiger partial charge on any atom is 0.123 e. The zero-order valence-corrected chi connectivity index (χ0v) is 15.0. The summed E-state index contributed by atoms with van der Waals surface area (Å²) in [5.41, 5.74) is 3.85. The van der Waals surface area contributed by atoms with Gasteiger partial charge in [0.05, 0.1) is 23.7 Å². The molecule has 136 valence electrons. The summed E-state index contributed by atoms with van der Waals surface area (Å²) in [4.78, 5) is 18.0. The normalized spacial score (nSPS) is 17.9. The van der Waals surface area contributed by atoms with Crippen LogP contribution in [0.5, 0.6) is 0 Å². The van der Waals surface area contributed by atoms with Crippen molar-refractivity contribution in [1.29, 1.82) is 0 Å². The predicted molar refractivity (Wildman–Crippen MR) is 100 cm³/mol. The number of aromatic carboxylic acids is 1. The van der Waals surface area contributed by atoms with Crippen LogP contribution in [0.4, 0.5) is 4.39 Å². The first-order chi connectivity index (χ1) is 13.1. The van der Waals surface area contributed by atoms with E-state index in [1.165, 1.54) is 17.0 Å². The molecule has 5 heteroatoms. The minimum absolute atomic E-state index is 0.214.